The number of nitrogen functional groups attached to an aromatic ring is 1. The van der Waals surface area contributed by atoms with Crippen LogP contribution in [0.15, 0.2) is 24.3 Å². The smallest absolute Gasteiger partial charge is 0.251 e. The summed E-state index contributed by atoms with van der Waals surface area (Å²) in [5, 5.41) is 2.88. The number of carbonyl (C=O) groups excluding carboxylic acids is 1. The third-order valence-corrected chi connectivity index (χ3v) is 2.91. The van der Waals surface area contributed by atoms with Crippen molar-refractivity contribution >= 4 is 23.4 Å². The highest BCUT2D eigenvalue weighted by Gasteiger charge is 2.03. The van der Waals surface area contributed by atoms with Crippen molar-refractivity contribution in [2.24, 2.45) is 0 Å². The van der Waals surface area contributed by atoms with Crippen molar-refractivity contribution in [3.63, 3.8) is 0 Å². The van der Waals surface area contributed by atoms with Gasteiger partial charge in [0, 0.05) is 17.8 Å². The van der Waals surface area contributed by atoms with Crippen LogP contribution in [0, 0.1) is 0 Å². The molecule has 3 N–H and O–H groups in total. The number of unbranched alkanes of at least 4 members (excludes halogenated alkanes) is 1. The second-order valence-electron chi connectivity index (χ2n) is 3.58. The molecule has 0 fully saturated rings. The van der Waals surface area contributed by atoms with Crippen LogP contribution in [-0.4, -0.2) is 24.5 Å². The topological polar surface area (TPSA) is 55.1 Å². The summed E-state index contributed by atoms with van der Waals surface area (Å²) in [6, 6.07) is 7.03. The molecule has 0 atom stereocenters. The number of carbonyl (C=O) groups is 1. The van der Waals surface area contributed by atoms with E-state index in [-0.39, 0.29) is 5.91 Å². The van der Waals surface area contributed by atoms with E-state index in [0.717, 1.165) is 25.1 Å². The van der Waals surface area contributed by atoms with Gasteiger partial charge in [-0.3, -0.25) is 4.79 Å². The van der Waals surface area contributed by atoms with Crippen LogP contribution in [0.5, 0.6) is 0 Å². The fourth-order valence-corrected chi connectivity index (χ4v) is 1.85. The summed E-state index contributed by atoms with van der Waals surface area (Å²) in [5.74, 6) is 1.10. The van der Waals surface area contributed by atoms with Crippen LogP contribution in [-0.2, 0) is 0 Å². The first-order valence-corrected chi connectivity index (χ1v) is 6.76. The van der Waals surface area contributed by atoms with E-state index in [9.17, 15) is 4.79 Å². The van der Waals surface area contributed by atoms with Gasteiger partial charge in [-0.2, -0.15) is 11.8 Å². The number of anilines is 1. The monoisotopic (exact) mass is 238 g/mol. The summed E-state index contributed by atoms with van der Waals surface area (Å²) in [6.07, 6.45) is 4.25. The minimum absolute atomic E-state index is 0.0450. The number of benzene rings is 1. The fourth-order valence-electron chi connectivity index (χ4n) is 1.36. The lowest BCUT2D eigenvalue weighted by Crippen LogP contribution is -2.24. The second kappa shape index (κ2) is 7.17. The second-order valence-corrected chi connectivity index (χ2v) is 4.57. The zero-order chi connectivity index (χ0) is 11.8. The Labute approximate surface area is 101 Å². The highest BCUT2D eigenvalue weighted by Crippen LogP contribution is 2.06. The zero-order valence-corrected chi connectivity index (χ0v) is 10.3. The van der Waals surface area contributed by atoms with Gasteiger partial charge in [-0.05, 0) is 43.0 Å². The van der Waals surface area contributed by atoms with Crippen LogP contribution in [0.2, 0.25) is 0 Å². The summed E-state index contributed by atoms with van der Waals surface area (Å²) < 4.78 is 0. The molecule has 0 aliphatic heterocycles. The maximum Gasteiger partial charge on any atom is 0.251 e. The van der Waals surface area contributed by atoms with Gasteiger partial charge in [-0.15, -0.1) is 0 Å². The highest BCUT2D eigenvalue weighted by atomic mass is 32.2. The molecular formula is C12H18N2OS. The van der Waals surface area contributed by atoms with Crippen molar-refractivity contribution in [2.45, 2.75) is 12.8 Å². The van der Waals surface area contributed by atoms with Crippen molar-refractivity contribution in [3.8, 4) is 0 Å². The van der Waals surface area contributed by atoms with E-state index in [4.69, 9.17) is 5.73 Å². The van der Waals surface area contributed by atoms with E-state index in [2.05, 4.69) is 11.6 Å². The summed E-state index contributed by atoms with van der Waals surface area (Å²) in [7, 11) is 0. The van der Waals surface area contributed by atoms with Crippen LogP contribution >= 0.6 is 11.8 Å². The quantitative estimate of drug-likeness (QED) is 0.590. The Hall–Kier alpha value is -1.16. The van der Waals surface area contributed by atoms with E-state index in [1.807, 2.05) is 11.8 Å². The lowest BCUT2D eigenvalue weighted by molar-refractivity contribution is 0.0953. The lowest BCUT2D eigenvalue weighted by atomic mass is 10.2. The van der Waals surface area contributed by atoms with E-state index >= 15 is 0 Å². The predicted octanol–water partition coefficient (Wildman–Crippen LogP) is 2.14. The summed E-state index contributed by atoms with van der Waals surface area (Å²) in [4.78, 5) is 11.7. The maximum atomic E-state index is 11.7. The Morgan fingerprint density at radius 1 is 1.44 bits per heavy atom. The fraction of sp³-hybridized carbons (Fsp3) is 0.417. The number of hydrogen-bond donors (Lipinski definition) is 2. The van der Waals surface area contributed by atoms with Gasteiger partial charge in [-0.25, -0.2) is 0 Å². The van der Waals surface area contributed by atoms with Gasteiger partial charge in [0.05, 0.1) is 0 Å². The average molecular weight is 238 g/mol. The SMILES string of the molecule is CSCCCCNC(=O)c1cccc(N)c1. The van der Waals surface area contributed by atoms with Crippen molar-refractivity contribution < 1.29 is 4.79 Å². The molecule has 1 rings (SSSR count). The largest absolute Gasteiger partial charge is 0.399 e. The Morgan fingerprint density at radius 2 is 2.25 bits per heavy atom. The minimum atomic E-state index is -0.0450. The number of amides is 1. The first-order valence-electron chi connectivity index (χ1n) is 5.36. The molecule has 16 heavy (non-hydrogen) atoms. The highest BCUT2D eigenvalue weighted by molar-refractivity contribution is 7.98. The number of nitrogens with one attached hydrogen (secondary N) is 1. The van der Waals surface area contributed by atoms with Gasteiger partial charge in [-0.1, -0.05) is 6.07 Å². The molecule has 0 bridgehead atoms. The van der Waals surface area contributed by atoms with Gasteiger partial charge >= 0.3 is 0 Å². The molecule has 3 nitrogen and oxygen atoms in total. The first kappa shape index (κ1) is 12.9. The molecule has 0 heterocycles. The maximum absolute atomic E-state index is 11.7. The van der Waals surface area contributed by atoms with Crippen molar-refractivity contribution in [1.82, 2.24) is 5.32 Å². The molecule has 0 radical (unpaired) electrons. The molecule has 88 valence electrons. The molecule has 0 aromatic heterocycles. The summed E-state index contributed by atoms with van der Waals surface area (Å²) >= 11 is 1.83. The average Bonchev–Trinajstić information content (AvgIpc) is 2.28. The molecule has 4 heteroatoms. The van der Waals surface area contributed by atoms with Crippen LogP contribution in [0.3, 0.4) is 0 Å². The van der Waals surface area contributed by atoms with Crippen LogP contribution < -0.4 is 11.1 Å². The zero-order valence-electron chi connectivity index (χ0n) is 9.53. The van der Waals surface area contributed by atoms with Gasteiger partial charge < -0.3 is 11.1 Å². The van der Waals surface area contributed by atoms with Crippen molar-refractivity contribution in [1.29, 1.82) is 0 Å². The molecule has 0 spiro atoms. The van der Waals surface area contributed by atoms with Gasteiger partial charge in [0.1, 0.15) is 0 Å². The van der Waals surface area contributed by atoms with Crippen molar-refractivity contribution in [2.75, 3.05) is 24.3 Å². The molecule has 0 aliphatic carbocycles. The van der Waals surface area contributed by atoms with Gasteiger partial charge in [0.2, 0.25) is 0 Å². The van der Waals surface area contributed by atoms with Crippen LogP contribution in [0.1, 0.15) is 23.2 Å². The van der Waals surface area contributed by atoms with Crippen molar-refractivity contribution in [3.05, 3.63) is 29.8 Å². The van der Waals surface area contributed by atoms with E-state index in [0.29, 0.717) is 11.3 Å². The molecule has 0 saturated heterocycles. The summed E-state index contributed by atoms with van der Waals surface area (Å²) in [5.41, 5.74) is 6.86. The van der Waals surface area contributed by atoms with E-state index in [1.54, 1.807) is 24.3 Å². The predicted molar refractivity (Wildman–Crippen MR) is 70.8 cm³/mol. The number of nitrogens with two attached hydrogens (primary N) is 1. The first-order chi connectivity index (χ1) is 7.74. The molecular weight excluding hydrogens is 220 g/mol. The third-order valence-electron chi connectivity index (χ3n) is 2.21. The molecule has 1 aromatic carbocycles. The Bertz CT molecular complexity index is 342. The number of hydrogen-bond acceptors (Lipinski definition) is 3. The molecule has 0 unspecified atom stereocenters. The van der Waals surface area contributed by atoms with Crippen LogP contribution in [0.4, 0.5) is 5.69 Å². The molecule has 1 aromatic rings. The minimum Gasteiger partial charge on any atom is -0.399 e. The van der Waals surface area contributed by atoms with E-state index in [1.165, 1.54) is 0 Å². The molecule has 0 aliphatic rings. The molecule has 0 saturated carbocycles. The normalized spacial score (nSPS) is 10.1. The lowest BCUT2D eigenvalue weighted by Gasteiger charge is -2.05. The summed E-state index contributed by atoms with van der Waals surface area (Å²) in [6.45, 7) is 0.730. The Morgan fingerprint density at radius 3 is 2.94 bits per heavy atom. The van der Waals surface area contributed by atoms with Gasteiger partial charge in [0.25, 0.3) is 5.91 Å². The Kier molecular flexibility index (Phi) is 5.78. The standard InChI is InChI=1S/C12H18N2OS/c1-16-8-3-2-7-14-12(15)10-5-4-6-11(13)9-10/h4-6,9H,2-3,7-8,13H2,1H3,(H,14,15). The van der Waals surface area contributed by atoms with Crippen LogP contribution in [0.25, 0.3) is 0 Å². The van der Waals surface area contributed by atoms with Gasteiger partial charge in [0.15, 0.2) is 0 Å². The number of thioether (sulfide) groups is 1. The molecule has 1 amide bonds. The number of rotatable bonds is 6. The third kappa shape index (κ3) is 4.57. The Balaban J connectivity index is 2.30. The van der Waals surface area contributed by atoms with E-state index < -0.39 is 0 Å².